The van der Waals surface area contributed by atoms with Gasteiger partial charge in [-0.3, -0.25) is 0 Å². The van der Waals surface area contributed by atoms with Crippen LogP contribution in [0.3, 0.4) is 0 Å². The molecule has 1 aliphatic carbocycles. The third-order valence-corrected chi connectivity index (χ3v) is 16.5. The molecule has 0 saturated heterocycles. The molecule has 8 bridgehead atoms. The van der Waals surface area contributed by atoms with Gasteiger partial charge in [0.2, 0.25) is 25.3 Å². The van der Waals surface area contributed by atoms with Crippen LogP contribution in [0.4, 0.5) is 0 Å². The van der Waals surface area contributed by atoms with E-state index in [1.54, 1.807) is 0 Å². The molecule has 88 heavy (non-hydrogen) atoms. The van der Waals surface area contributed by atoms with Crippen LogP contribution in [0.2, 0.25) is 0 Å². The van der Waals surface area contributed by atoms with E-state index in [1.807, 2.05) is 0 Å². The number of aromatic nitrogens is 8. The number of halogens is 4. The zero-order valence-corrected chi connectivity index (χ0v) is 57.1. The maximum Gasteiger partial charge on any atom is 0.243 e. The highest BCUT2D eigenvalue weighted by Gasteiger charge is 2.26. The van der Waals surface area contributed by atoms with Crippen LogP contribution < -0.4 is 86.8 Å². The molecule has 0 spiro atoms. The Morgan fingerprint density at radius 1 is 0.295 bits per heavy atom. The molecular formula is C72H100Cl4N8O4. The van der Waals surface area contributed by atoms with Gasteiger partial charge in [-0.2, -0.15) is 0 Å². The number of ether oxygens (including phenoxy) is 4. The molecule has 4 aromatic heterocycles. The summed E-state index contributed by atoms with van der Waals surface area (Å²) in [6, 6.07) is 19.5. The highest BCUT2D eigenvalue weighted by atomic mass is 35.5. The number of benzene rings is 4. The second-order valence-corrected chi connectivity index (χ2v) is 24.3. The summed E-state index contributed by atoms with van der Waals surface area (Å²) in [6.45, 7) is 14.7. The van der Waals surface area contributed by atoms with Gasteiger partial charge in [0, 0.05) is 25.7 Å². The van der Waals surface area contributed by atoms with E-state index >= 15 is 0 Å². The van der Waals surface area contributed by atoms with Gasteiger partial charge in [-0.1, -0.05) is 105 Å². The molecule has 0 amide bonds. The summed E-state index contributed by atoms with van der Waals surface area (Å²) in [5, 5.41) is 0. The van der Waals surface area contributed by atoms with Gasteiger partial charge in [0.25, 0.3) is 0 Å². The van der Waals surface area contributed by atoms with E-state index in [2.05, 4.69) is 216 Å². The van der Waals surface area contributed by atoms with Crippen LogP contribution in [0, 0.1) is 0 Å². The Morgan fingerprint density at radius 3 is 0.648 bits per heavy atom. The van der Waals surface area contributed by atoms with Crippen molar-refractivity contribution in [2.75, 3.05) is 26.4 Å². The quantitative estimate of drug-likeness (QED) is 0.0466. The Kier molecular flexibility index (Phi) is 30.9. The van der Waals surface area contributed by atoms with Crippen LogP contribution >= 0.6 is 0 Å². The molecule has 0 fully saturated rings. The van der Waals surface area contributed by atoms with Crippen LogP contribution in [0.1, 0.15) is 197 Å². The molecule has 8 aromatic rings. The van der Waals surface area contributed by atoms with Crippen LogP contribution in [0.5, 0.6) is 23.0 Å². The number of fused-ring (bicyclic) bond motifs is 8. The van der Waals surface area contributed by atoms with Crippen molar-refractivity contribution in [1.82, 2.24) is 18.3 Å². The van der Waals surface area contributed by atoms with Gasteiger partial charge < -0.3 is 68.6 Å². The lowest BCUT2D eigenvalue weighted by Crippen LogP contribution is -3.00. The van der Waals surface area contributed by atoms with Crippen LogP contribution in [-0.4, -0.2) is 44.7 Å². The zero-order valence-electron chi connectivity index (χ0n) is 54.1. The highest BCUT2D eigenvalue weighted by Crippen LogP contribution is 2.42. The average Bonchev–Trinajstić information content (AvgIpc) is 1.17. The van der Waals surface area contributed by atoms with Gasteiger partial charge in [-0.25, -0.2) is 36.5 Å². The molecule has 0 N–H and O–H groups in total. The number of imidazole rings is 4. The summed E-state index contributed by atoms with van der Waals surface area (Å²) >= 11 is 0. The molecule has 0 atom stereocenters. The molecule has 0 radical (unpaired) electrons. The first-order valence-corrected chi connectivity index (χ1v) is 32.2. The van der Waals surface area contributed by atoms with E-state index in [-0.39, 0.29) is 49.6 Å². The fourth-order valence-corrected chi connectivity index (χ4v) is 12.3. The molecule has 480 valence electrons. The summed E-state index contributed by atoms with van der Waals surface area (Å²) in [5.41, 5.74) is 14.5. The second kappa shape index (κ2) is 37.3. The van der Waals surface area contributed by atoms with E-state index in [9.17, 15) is 0 Å². The molecule has 16 heteroatoms. The van der Waals surface area contributed by atoms with Crippen molar-refractivity contribution >= 4 is 0 Å². The predicted molar refractivity (Wildman–Crippen MR) is 334 cm³/mol. The van der Waals surface area contributed by atoms with E-state index < -0.39 is 0 Å². The molecule has 0 unspecified atom stereocenters. The molecule has 0 saturated carbocycles. The molecular weight excluding hydrogens is 1180 g/mol. The molecule has 4 heterocycles. The first kappa shape index (κ1) is 72.8. The SMILES string of the molecule is CCCCCCOc1c2cc(Cn3cc[n+](C)c3)cc1Cc1cc(Cn3cc[n+](C)c3)cc(c1OCCCCCC)Cc1cc(Cn3cc[n+](C)c3)cc(c1OCCCCCC)Cc1cc(Cn3cc[n+](C)c3)cc(c1OCCCCCC)C2.[Cl-].[Cl-].[Cl-].[Cl-]. The van der Waals surface area contributed by atoms with Crippen LogP contribution in [0.25, 0.3) is 0 Å². The Hall–Kier alpha value is -5.92. The minimum atomic E-state index is 0. The smallest absolute Gasteiger partial charge is 0.243 e. The fourth-order valence-electron chi connectivity index (χ4n) is 12.3. The number of unbranched alkanes of at least 4 members (excludes halogenated alkanes) is 12. The van der Waals surface area contributed by atoms with Crippen molar-refractivity contribution in [3.05, 3.63) is 190 Å². The number of aryl methyl sites for hydroxylation is 4. The summed E-state index contributed by atoms with van der Waals surface area (Å²) in [5.74, 6) is 3.96. The molecule has 9 rings (SSSR count). The van der Waals surface area contributed by atoms with Crippen molar-refractivity contribution in [2.24, 2.45) is 28.2 Å². The maximum atomic E-state index is 7.35. The van der Waals surface area contributed by atoms with Crippen molar-refractivity contribution in [3.8, 4) is 23.0 Å². The lowest BCUT2D eigenvalue weighted by atomic mass is 9.88. The molecule has 4 aromatic carbocycles. The third-order valence-electron chi connectivity index (χ3n) is 16.5. The van der Waals surface area contributed by atoms with Crippen LogP contribution in [0.15, 0.2) is 123 Å². The predicted octanol–water partition coefficient (Wildman–Crippen LogP) is 0.913. The standard InChI is InChI=1S/C72H100N8O4.4ClH/c1-9-13-17-21-33-81-69-61-37-57(49-77-29-25-73(5)53-77)38-62(69)46-64-40-59(51-79-31-27-75(7)55-79)42-66(71(64)83-35-23-19-15-11-3)48-68-44-60(52-80-32-28-76(8)56-80)43-67(72(68)84-36-24-20-16-12-4)47-65-41-58(50-78-30-26-74(6)54-78)39-63(45-61)70(65)82-34-22-18-14-10-2;;;;/h25-32,37-44,53-56H,9-24,33-36,45-52H2,1-8H3;4*1H/q+4;;;;/p-4. The summed E-state index contributed by atoms with van der Waals surface area (Å²) in [7, 11) is 8.40. The minimum absolute atomic E-state index is 0. The lowest BCUT2D eigenvalue weighted by Gasteiger charge is -2.25. The third kappa shape index (κ3) is 21.1. The first-order chi connectivity index (χ1) is 41.0. The summed E-state index contributed by atoms with van der Waals surface area (Å²) < 4.78 is 47.1. The fraction of sp³-hybridized carbons (Fsp3) is 0.500. The molecule has 1 aliphatic rings. The Balaban J connectivity index is 0.00000353. The zero-order chi connectivity index (χ0) is 58.6. The number of rotatable bonds is 32. The monoisotopic (exact) mass is 1280 g/mol. The number of hydrogen-bond acceptors (Lipinski definition) is 4. The van der Waals surface area contributed by atoms with E-state index in [0.717, 1.165) is 101 Å². The van der Waals surface area contributed by atoms with Gasteiger partial charge in [0.1, 0.15) is 98.8 Å². The van der Waals surface area contributed by atoms with Crippen molar-refractivity contribution in [3.63, 3.8) is 0 Å². The van der Waals surface area contributed by atoms with Gasteiger partial charge in [-0.05, 0) is 141 Å². The van der Waals surface area contributed by atoms with E-state index in [0.29, 0.717) is 52.1 Å². The van der Waals surface area contributed by atoms with Gasteiger partial charge in [-0.15, -0.1) is 0 Å². The second-order valence-electron chi connectivity index (χ2n) is 24.3. The summed E-state index contributed by atoms with van der Waals surface area (Å²) in [6.07, 6.45) is 46.6. The molecule has 0 aliphatic heterocycles. The highest BCUT2D eigenvalue weighted by molar-refractivity contribution is 5.59. The Morgan fingerprint density at radius 2 is 0.489 bits per heavy atom. The van der Waals surface area contributed by atoms with Gasteiger partial charge >= 0.3 is 0 Å². The van der Waals surface area contributed by atoms with Crippen LogP contribution in [-0.2, 0) is 80.1 Å². The van der Waals surface area contributed by atoms with Crippen molar-refractivity contribution < 1.29 is 86.8 Å². The Labute approximate surface area is 551 Å². The first-order valence-electron chi connectivity index (χ1n) is 32.2. The van der Waals surface area contributed by atoms with Gasteiger partial charge in [0.15, 0.2) is 0 Å². The molecule has 12 nitrogen and oxygen atoms in total. The lowest BCUT2D eigenvalue weighted by molar-refractivity contribution is -0.671. The average molecular weight is 1280 g/mol. The largest absolute Gasteiger partial charge is 1.00 e. The normalized spacial score (nSPS) is 11.7. The van der Waals surface area contributed by atoms with Crippen molar-refractivity contribution in [2.45, 2.75) is 182 Å². The van der Waals surface area contributed by atoms with E-state index in [4.69, 9.17) is 18.9 Å². The number of nitrogens with zero attached hydrogens (tertiary/aromatic N) is 8. The minimum Gasteiger partial charge on any atom is -1.00 e. The number of hydrogen-bond donors (Lipinski definition) is 0. The maximum absolute atomic E-state index is 7.35. The topological polar surface area (TPSA) is 72.2 Å². The van der Waals surface area contributed by atoms with Crippen molar-refractivity contribution in [1.29, 1.82) is 0 Å². The Bertz CT molecular complexity index is 2830. The van der Waals surface area contributed by atoms with Gasteiger partial charge in [0.05, 0.1) is 54.6 Å². The van der Waals surface area contributed by atoms with E-state index in [1.165, 1.54) is 118 Å². The summed E-state index contributed by atoms with van der Waals surface area (Å²) in [4.78, 5) is 0.